The molecule has 1 fully saturated rings. The van der Waals surface area contributed by atoms with Crippen molar-refractivity contribution in [3.8, 4) is 5.75 Å². The number of hydrazine groups is 1. The Labute approximate surface area is 171 Å². The van der Waals surface area contributed by atoms with Crippen molar-refractivity contribution in [2.24, 2.45) is 5.92 Å². The molecule has 2 heterocycles. The van der Waals surface area contributed by atoms with Crippen LogP contribution in [0.2, 0.25) is 0 Å². The highest BCUT2D eigenvalue weighted by molar-refractivity contribution is 7.12. The fourth-order valence-electron chi connectivity index (χ4n) is 3.01. The van der Waals surface area contributed by atoms with Gasteiger partial charge in [0, 0.05) is 19.0 Å². The quantitative estimate of drug-likeness (QED) is 0.729. The standard InChI is InChI=1S/C20H22FN3O4S/c1-13(28-16-6-3-2-5-15(16)21)18(25)22-23-19(26)14-8-10-24(11-9-14)20(27)17-7-4-12-29-17/h2-7,12-14H,8-11H2,1H3,(H,22,25)(H,23,26)/t13-/m1/s1. The number of thiophene rings is 1. The van der Waals surface area contributed by atoms with Crippen LogP contribution in [-0.2, 0) is 9.59 Å². The zero-order valence-electron chi connectivity index (χ0n) is 15.9. The van der Waals surface area contributed by atoms with Gasteiger partial charge in [0.2, 0.25) is 5.91 Å². The van der Waals surface area contributed by atoms with Crippen LogP contribution in [0.5, 0.6) is 5.75 Å². The predicted molar refractivity (Wildman–Crippen MR) is 106 cm³/mol. The Morgan fingerprint density at radius 3 is 2.52 bits per heavy atom. The highest BCUT2D eigenvalue weighted by atomic mass is 32.1. The van der Waals surface area contributed by atoms with Crippen LogP contribution >= 0.6 is 11.3 Å². The van der Waals surface area contributed by atoms with Crippen LogP contribution in [0.1, 0.15) is 29.4 Å². The van der Waals surface area contributed by atoms with Gasteiger partial charge in [-0.1, -0.05) is 18.2 Å². The van der Waals surface area contributed by atoms with E-state index in [9.17, 15) is 18.8 Å². The number of carbonyl (C=O) groups is 3. The van der Waals surface area contributed by atoms with Gasteiger partial charge < -0.3 is 9.64 Å². The normalized spacial score (nSPS) is 15.4. The molecule has 0 unspecified atom stereocenters. The summed E-state index contributed by atoms with van der Waals surface area (Å²) >= 11 is 1.39. The summed E-state index contributed by atoms with van der Waals surface area (Å²) in [6, 6.07) is 9.39. The van der Waals surface area contributed by atoms with E-state index >= 15 is 0 Å². The summed E-state index contributed by atoms with van der Waals surface area (Å²) in [5.74, 6) is -1.84. The molecule has 3 amide bonds. The Morgan fingerprint density at radius 1 is 1.14 bits per heavy atom. The van der Waals surface area contributed by atoms with Crippen molar-refractivity contribution >= 4 is 29.1 Å². The van der Waals surface area contributed by atoms with Crippen LogP contribution in [-0.4, -0.2) is 41.8 Å². The van der Waals surface area contributed by atoms with Crippen molar-refractivity contribution in [3.05, 3.63) is 52.5 Å². The summed E-state index contributed by atoms with van der Waals surface area (Å²) in [5, 5.41) is 1.85. The second kappa shape index (κ2) is 9.51. The number of benzene rings is 1. The van der Waals surface area contributed by atoms with Gasteiger partial charge in [-0.25, -0.2) is 4.39 Å². The summed E-state index contributed by atoms with van der Waals surface area (Å²) in [6.07, 6.45) is 0.0395. The Hall–Kier alpha value is -2.94. The Morgan fingerprint density at radius 2 is 1.86 bits per heavy atom. The second-order valence-corrected chi connectivity index (χ2v) is 7.66. The van der Waals surface area contributed by atoms with Crippen LogP contribution in [0, 0.1) is 11.7 Å². The van der Waals surface area contributed by atoms with Gasteiger partial charge in [-0.3, -0.25) is 25.2 Å². The third-order valence-electron chi connectivity index (χ3n) is 4.70. The lowest BCUT2D eigenvalue weighted by atomic mass is 9.96. The van der Waals surface area contributed by atoms with Crippen LogP contribution in [0.4, 0.5) is 4.39 Å². The molecule has 0 spiro atoms. The molecule has 154 valence electrons. The Bertz CT molecular complexity index is 866. The van der Waals surface area contributed by atoms with Crippen molar-refractivity contribution in [2.75, 3.05) is 13.1 Å². The second-order valence-electron chi connectivity index (χ2n) is 6.71. The van der Waals surface area contributed by atoms with Crippen molar-refractivity contribution in [2.45, 2.75) is 25.9 Å². The van der Waals surface area contributed by atoms with Gasteiger partial charge in [0.1, 0.15) is 0 Å². The number of hydrogen-bond donors (Lipinski definition) is 2. The number of amides is 3. The molecule has 2 N–H and O–H groups in total. The van der Waals surface area contributed by atoms with E-state index in [0.29, 0.717) is 30.8 Å². The molecule has 1 aromatic heterocycles. The lowest BCUT2D eigenvalue weighted by Crippen LogP contribution is -2.51. The van der Waals surface area contributed by atoms with Gasteiger partial charge in [0.05, 0.1) is 4.88 Å². The molecular formula is C20H22FN3O4S. The number of rotatable bonds is 5. The Kier molecular flexibility index (Phi) is 6.82. The molecule has 0 bridgehead atoms. The monoisotopic (exact) mass is 419 g/mol. The largest absolute Gasteiger partial charge is 0.478 e. The van der Waals surface area contributed by atoms with Crippen molar-refractivity contribution in [3.63, 3.8) is 0 Å². The van der Waals surface area contributed by atoms with Crippen LogP contribution in [0.25, 0.3) is 0 Å². The topological polar surface area (TPSA) is 87.7 Å². The van der Waals surface area contributed by atoms with E-state index in [1.165, 1.54) is 36.5 Å². The van der Waals surface area contributed by atoms with E-state index in [-0.39, 0.29) is 23.5 Å². The number of hydrogen-bond acceptors (Lipinski definition) is 5. The molecular weight excluding hydrogens is 397 g/mol. The molecule has 1 atom stereocenters. The van der Waals surface area contributed by atoms with Gasteiger partial charge in [-0.2, -0.15) is 0 Å². The highest BCUT2D eigenvalue weighted by Gasteiger charge is 2.28. The minimum Gasteiger partial charge on any atom is -0.478 e. The smallest absolute Gasteiger partial charge is 0.279 e. The maximum absolute atomic E-state index is 13.6. The first-order valence-corrected chi connectivity index (χ1v) is 10.2. The summed E-state index contributed by atoms with van der Waals surface area (Å²) in [6.45, 7) is 2.42. The minimum absolute atomic E-state index is 0.0220. The van der Waals surface area contributed by atoms with Gasteiger partial charge in [-0.15, -0.1) is 11.3 Å². The molecule has 0 aliphatic carbocycles. The number of likely N-dealkylation sites (tertiary alicyclic amines) is 1. The number of para-hydroxylation sites is 1. The number of nitrogens with zero attached hydrogens (tertiary/aromatic N) is 1. The molecule has 1 aromatic carbocycles. The number of nitrogens with one attached hydrogen (secondary N) is 2. The molecule has 1 aliphatic rings. The lowest BCUT2D eigenvalue weighted by Gasteiger charge is -2.31. The van der Waals surface area contributed by atoms with E-state index in [0.717, 1.165) is 0 Å². The molecule has 9 heteroatoms. The maximum atomic E-state index is 13.6. The molecule has 2 aromatic rings. The summed E-state index contributed by atoms with van der Waals surface area (Å²) in [5.41, 5.74) is 4.70. The molecule has 0 radical (unpaired) electrons. The van der Waals surface area contributed by atoms with Gasteiger partial charge in [0.15, 0.2) is 17.7 Å². The molecule has 0 saturated carbocycles. The number of piperidine rings is 1. The fraction of sp³-hybridized carbons (Fsp3) is 0.350. The third-order valence-corrected chi connectivity index (χ3v) is 5.56. The highest BCUT2D eigenvalue weighted by Crippen LogP contribution is 2.21. The van der Waals surface area contributed by atoms with Crippen molar-refractivity contribution < 1.29 is 23.5 Å². The van der Waals surface area contributed by atoms with Crippen LogP contribution < -0.4 is 15.6 Å². The zero-order chi connectivity index (χ0) is 20.8. The first-order valence-electron chi connectivity index (χ1n) is 9.29. The van der Waals surface area contributed by atoms with E-state index < -0.39 is 17.8 Å². The fourth-order valence-corrected chi connectivity index (χ4v) is 3.70. The van der Waals surface area contributed by atoms with Crippen molar-refractivity contribution in [1.29, 1.82) is 0 Å². The average molecular weight is 419 g/mol. The molecule has 3 rings (SSSR count). The first kappa shape index (κ1) is 20.8. The lowest BCUT2D eigenvalue weighted by molar-refractivity contribution is -0.135. The predicted octanol–water partition coefficient (Wildman–Crippen LogP) is 2.35. The maximum Gasteiger partial charge on any atom is 0.279 e. The summed E-state index contributed by atoms with van der Waals surface area (Å²) in [4.78, 5) is 39.2. The van der Waals surface area contributed by atoms with E-state index in [2.05, 4.69) is 10.9 Å². The van der Waals surface area contributed by atoms with E-state index in [4.69, 9.17) is 4.74 Å². The number of halogens is 1. The molecule has 1 aliphatic heterocycles. The SMILES string of the molecule is C[C@@H](Oc1ccccc1F)C(=O)NNC(=O)C1CCN(C(=O)c2cccs2)CC1. The minimum atomic E-state index is -0.988. The molecule has 29 heavy (non-hydrogen) atoms. The van der Waals surface area contributed by atoms with Gasteiger partial charge >= 0.3 is 0 Å². The van der Waals surface area contributed by atoms with E-state index in [1.807, 2.05) is 11.4 Å². The van der Waals surface area contributed by atoms with Gasteiger partial charge in [0.25, 0.3) is 11.8 Å². The molecule has 1 saturated heterocycles. The van der Waals surface area contributed by atoms with Gasteiger partial charge in [-0.05, 0) is 43.3 Å². The van der Waals surface area contributed by atoms with Crippen molar-refractivity contribution in [1.82, 2.24) is 15.8 Å². The zero-order valence-corrected chi connectivity index (χ0v) is 16.7. The average Bonchev–Trinajstić information content (AvgIpc) is 3.28. The van der Waals surface area contributed by atoms with Crippen LogP contribution in [0.15, 0.2) is 41.8 Å². The molecule has 7 nitrogen and oxygen atoms in total. The Balaban J connectivity index is 1.42. The van der Waals surface area contributed by atoms with Crippen LogP contribution in [0.3, 0.4) is 0 Å². The van der Waals surface area contributed by atoms with E-state index in [1.54, 1.807) is 17.0 Å². The first-order chi connectivity index (χ1) is 14.0. The number of carbonyl (C=O) groups excluding carboxylic acids is 3. The third kappa shape index (κ3) is 5.32. The number of ether oxygens (including phenoxy) is 1. The summed E-state index contributed by atoms with van der Waals surface area (Å²) < 4.78 is 18.9. The summed E-state index contributed by atoms with van der Waals surface area (Å²) in [7, 11) is 0.